The van der Waals surface area contributed by atoms with Gasteiger partial charge >= 0.3 is 0 Å². The number of hydrogen-bond donors (Lipinski definition) is 0. The highest BCUT2D eigenvalue weighted by molar-refractivity contribution is 8.00. The van der Waals surface area contributed by atoms with Crippen LogP contribution in [0.5, 0.6) is 0 Å². The van der Waals surface area contributed by atoms with Crippen LogP contribution < -0.4 is 0 Å². The summed E-state index contributed by atoms with van der Waals surface area (Å²) < 4.78 is 1.71. The second-order valence-electron chi connectivity index (χ2n) is 4.60. The Bertz CT molecular complexity index is 569. The van der Waals surface area contributed by atoms with Crippen LogP contribution in [0, 0.1) is 0 Å². The van der Waals surface area contributed by atoms with Crippen molar-refractivity contribution in [1.29, 1.82) is 0 Å². The fraction of sp³-hybridized carbons (Fsp3) is 0.385. The van der Waals surface area contributed by atoms with E-state index in [9.17, 15) is 4.79 Å². The quantitative estimate of drug-likeness (QED) is 0.777. The Balaban J connectivity index is 2.07. The number of amides is 1. The second-order valence-corrected chi connectivity index (χ2v) is 5.91. The van der Waals surface area contributed by atoms with Crippen LogP contribution >= 0.6 is 11.8 Å². The zero-order valence-electron chi connectivity index (χ0n) is 11.7. The molecule has 20 heavy (non-hydrogen) atoms. The van der Waals surface area contributed by atoms with Crippen molar-refractivity contribution in [3.05, 3.63) is 35.9 Å². The lowest BCUT2D eigenvalue weighted by Crippen LogP contribution is -2.29. The van der Waals surface area contributed by atoms with Crippen molar-refractivity contribution in [2.24, 2.45) is 0 Å². The summed E-state index contributed by atoms with van der Waals surface area (Å²) in [5.74, 6) is 0.0456. The molecular weight excluding hydrogens is 274 g/mol. The summed E-state index contributed by atoms with van der Waals surface area (Å²) in [6, 6.07) is 9.96. The fourth-order valence-corrected chi connectivity index (χ4v) is 2.64. The maximum absolute atomic E-state index is 11.9. The first-order valence-electron chi connectivity index (χ1n) is 6.26. The van der Waals surface area contributed by atoms with E-state index < -0.39 is 0 Å². The lowest BCUT2D eigenvalue weighted by atomic mass is 10.2. The van der Waals surface area contributed by atoms with E-state index >= 15 is 0 Å². The van der Waals surface area contributed by atoms with E-state index in [0.717, 1.165) is 5.56 Å². The minimum atomic E-state index is -0.217. The SMILES string of the molecule is CC(Sc1nnnn1Cc1ccccc1)C(=O)N(C)C. The molecule has 0 bridgehead atoms. The number of hydrogen-bond acceptors (Lipinski definition) is 5. The van der Waals surface area contributed by atoms with Gasteiger partial charge in [0.05, 0.1) is 11.8 Å². The van der Waals surface area contributed by atoms with E-state index in [1.54, 1.807) is 23.7 Å². The van der Waals surface area contributed by atoms with E-state index in [-0.39, 0.29) is 11.2 Å². The van der Waals surface area contributed by atoms with Gasteiger partial charge in [-0.2, -0.15) is 0 Å². The van der Waals surface area contributed by atoms with Crippen molar-refractivity contribution in [2.45, 2.75) is 23.9 Å². The van der Waals surface area contributed by atoms with Gasteiger partial charge in [-0.25, -0.2) is 4.68 Å². The first-order valence-corrected chi connectivity index (χ1v) is 7.14. The molecule has 2 rings (SSSR count). The van der Waals surface area contributed by atoms with Crippen LogP contribution in [0.2, 0.25) is 0 Å². The summed E-state index contributed by atoms with van der Waals surface area (Å²) in [5, 5.41) is 12.1. The Morgan fingerprint density at radius 2 is 2.05 bits per heavy atom. The van der Waals surface area contributed by atoms with Gasteiger partial charge in [0.15, 0.2) is 0 Å². The number of rotatable bonds is 5. The molecule has 1 aromatic heterocycles. The van der Waals surface area contributed by atoms with Gasteiger partial charge in [0, 0.05) is 14.1 Å². The van der Waals surface area contributed by atoms with Crippen molar-refractivity contribution >= 4 is 17.7 Å². The number of thioether (sulfide) groups is 1. The molecule has 1 atom stereocenters. The van der Waals surface area contributed by atoms with Crippen molar-refractivity contribution in [3.63, 3.8) is 0 Å². The Kier molecular flexibility index (Phi) is 4.73. The van der Waals surface area contributed by atoms with Gasteiger partial charge in [-0.3, -0.25) is 4.79 Å². The maximum atomic E-state index is 11.9. The molecule has 1 unspecified atom stereocenters. The van der Waals surface area contributed by atoms with Gasteiger partial charge in [0.2, 0.25) is 11.1 Å². The summed E-state index contributed by atoms with van der Waals surface area (Å²) in [7, 11) is 3.48. The van der Waals surface area contributed by atoms with Gasteiger partial charge in [0.1, 0.15) is 0 Å². The third-order valence-electron chi connectivity index (χ3n) is 2.74. The molecule has 2 aromatic rings. The van der Waals surface area contributed by atoms with Crippen LogP contribution in [0.1, 0.15) is 12.5 Å². The molecule has 6 nitrogen and oxygen atoms in total. The molecule has 0 aliphatic rings. The number of aromatic nitrogens is 4. The molecule has 106 valence electrons. The van der Waals surface area contributed by atoms with Crippen molar-refractivity contribution in [3.8, 4) is 0 Å². The molecule has 0 aliphatic carbocycles. The topological polar surface area (TPSA) is 63.9 Å². The molecule has 1 amide bonds. The number of carbonyl (C=O) groups is 1. The molecule has 1 aromatic carbocycles. The van der Waals surface area contributed by atoms with Crippen molar-refractivity contribution in [1.82, 2.24) is 25.1 Å². The molecule has 0 spiro atoms. The van der Waals surface area contributed by atoms with Crippen molar-refractivity contribution in [2.75, 3.05) is 14.1 Å². The lowest BCUT2D eigenvalue weighted by molar-refractivity contribution is -0.127. The minimum Gasteiger partial charge on any atom is -0.348 e. The zero-order valence-corrected chi connectivity index (χ0v) is 12.5. The molecule has 0 N–H and O–H groups in total. The zero-order chi connectivity index (χ0) is 14.5. The summed E-state index contributed by atoms with van der Waals surface area (Å²) in [5.41, 5.74) is 1.12. The average molecular weight is 291 g/mol. The van der Waals surface area contributed by atoms with Gasteiger partial charge in [-0.15, -0.1) is 5.10 Å². The molecular formula is C13H17N5OS. The standard InChI is InChI=1S/C13H17N5OS/c1-10(12(19)17(2)3)20-13-14-15-16-18(13)9-11-7-5-4-6-8-11/h4-8,10H,9H2,1-3H3. The van der Waals surface area contributed by atoms with E-state index in [1.165, 1.54) is 11.8 Å². The highest BCUT2D eigenvalue weighted by Crippen LogP contribution is 2.21. The predicted octanol–water partition coefficient (Wildman–Crippen LogP) is 1.29. The largest absolute Gasteiger partial charge is 0.348 e. The fourth-order valence-electron chi connectivity index (χ4n) is 1.71. The van der Waals surface area contributed by atoms with Crippen LogP contribution in [0.25, 0.3) is 0 Å². The third kappa shape index (κ3) is 3.57. The number of carbonyl (C=O) groups excluding carboxylic acids is 1. The first-order chi connectivity index (χ1) is 9.58. The average Bonchev–Trinajstić information content (AvgIpc) is 2.86. The van der Waals surface area contributed by atoms with E-state index in [0.29, 0.717) is 11.7 Å². The molecule has 1 heterocycles. The summed E-state index contributed by atoms with van der Waals surface area (Å²) in [6.45, 7) is 2.45. The molecule has 0 saturated carbocycles. The lowest BCUT2D eigenvalue weighted by Gasteiger charge is -2.15. The molecule has 0 fully saturated rings. The summed E-state index contributed by atoms with van der Waals surface area (Å²) >= 11 is 1.37. The third-order valence-corrected chi connectivity index (χ3v) is 3.80. The maximum Gasteiger partial charge on any atom is 0.235 e. The van der Waals surface area contributed by atoms with Crippen LogP contribution in [0.4, 0.5) is 0 Å². The molecule has 0 aliphatic heterocycles. The summed E-state index contributed by atoms with van der Waals surface area (Å²) in [4.78, 5) is 13.4. The number of benzene rings is 1. The van der Waals surface area contributed by atoms with Gasteiger partial charge in [-0.1, -0.05) is 42.1 Å². The van der Waals surface area contributed by atoms with Gasteiger partial charge < -0.3 is 4.90 Å². The van der Waals surface area contributed by atoms with Crippen LogP contribution in [-0.2, 0) is 11.3 Å². The Labute approximate surface area is 122 Å². The highest BCUT2D eigenvalue weighted by Gasteiger charge is 2.19. The van der Waals surface area contributed by atoms with Crippen LogP contribution in [-0.4, -0.2) is 50.4 Å². The monoisotopic (exact) mass is 291 g/mol. The second kappa shape index (κ2) is 6.51. The number of nitrogens with zero attached hydrogens (tertiary/aromatic N) is 5. The normalized spacial score (nSPS) is 12.2. The van der Waals surface area contributed by atoms with E-state index in [4.69, 9.17) is 0 Å². The van der Waals surface area contributed by atoms with Gasteiger partial charge in [-0.05, 0) is 22.9 Å². The Morgan fingerprint density at radius 3 is 2.70 bits per heavy atom. The Morgan fingerprint density at radius 1 is 1.35 bits per heavy atom. The van der Waals surface area contributed by atoms with E-state index in [2.05, 4.69) is 15.5 Å². The van der Waals surface area contributed by atoms with E-state index in [1.807, 2.05) is 37.3 Å². The molecule has 0 radical (unpaired) electrons. The van der Waals surface area contributed by atoms with Crippen LogP contribution in [0.15, 0.2) is 35.5 Å². The predicted molar refractivity (Wildman–Crippen MR) is 77.4 cm³/mol. The first kappa shape index (κ1) is 14.5. The molecule has 7 heteroatoms. The highest BCUT2D eigenvalue weighted by atomic mass is 32.2. The van der Waals surface area contributed by atoms with Crippen LogP contribution in [0.3, 0.4) is 0 Å². The summed E-state index contributed by atoms with van der Waals surface area (Å²) in [6.07, 6.45) is 0. The molecule has 0 saturated heterocycles. The van der Waals surface area contributed by atoms with Crippen molar-refractivity contribution < 1.29 is 4.79 Å². The minimum absolute atomic E-state index is 0.0456. The van der Waals surface area contributed by atoms with Gasteiger partial charge in [0.25, 0.3) is 0 Å². The smallest absolute Gasteiger partial charge is 0.235 e. The number of tetrazole rings is 1. The Hall–Kier alpha value is -1.89.